The molecule has 52 heavy (non-hydrogen) atoms. The summed E-state index contributed by atoms with van der Waals surface area (Å²) in [5.41, 5.74) is 1.24. The summed E-state index contributed by atoms with van der Waals surface area (Å²) < 4.78 is 93.9. The van der Waals surface area contributed by atoms with Crippen molar-refractivity contribution in [2.24, 2.45) is 0 Å². The molecule has 6 aromatic rings. The quantitative estimate of drug-likeness (QED) is 0.133. The second-order valence-corrected chi connectivity index (χ2v) is 13.6. The van der Waals surface area contributed by atoms with Crippen LogP contribution in [0.3, 0.4) is 0 Å². The molecule has 4 aromatic carbocycles. The number of hydrogen-bond acceptors (Lipinski definition) is 8. The zero-order valence-electron chi connectivity index (χ0n) is 26.9. The molecule has 8 nitrogen and oxygen atoms in total. The fourth-order valence-electron chi connectivity index (χ4n) is 4.96. The van der Waals surface area contributed by atoms with E-state index in [4.69, 9.17) is 9.47 Å². The molecule has 2 aromatic heterocycles. The first-order chi connectivity index (χ1) is 24.5. The smallest absolute Gasteiger partial charge is 0.487 e. The van der Waals surface area contributed by atoms with Crippen LogP contribution in [0.15, 0.2) is 84.9 Å². The lowest BCUT2D eigenvalue weighted by molar-refractivity contribution is -0.275. The molecule has 16 heteroatoms. The number of aryl methyl sites for hydroxylation is 2. The number of benzene rings is 4. The number of hydrogen-bond donors (Lipinski definition) is 2. The summed E-state index contributed by atoms with van der Waals surface area (Å²) in [5, 5.41) is 20.1. The van der Waals surface area contributed by atoms with Crippen LogP contribution in [0.5, 0.6) is 23.0 Å². The van der Waals surface area contributed by atoms with Crippen LogP contribution < -0.4 is 18.9 Å². The van der Waals surface area contributed by atoms with Crippen LogP contribution in [0, 0.1) is 13.8 Å². The van der Waals surface area contributed by atoms with Crippen molar-refractivity contribution in [3.05, 3.63) is 117 Å². The molecule has 0 saturated carbocycles. The van der Waals surface area contributed by atoms with Gasteiger partial charge >= 0.3 is 24.7 Å². The third-order valence-electron chi connectivity index (χ3n) is 7.09. The minimum atomic E-state index is -4.75. The average Bonchev–Trinajstić information content (AvgIpc) is 3.63. The Hall–Kier alpha value is -5.48. The second kappa shape index (κ2) is 15.4. The van der Waals surface area contributed by atoms with Crippen molar-refractivity contribution < 1.29 is 65.1 Å². The van der Waals surface area contributed by atoms with Crippen LogP contribution in [-0.2, 0) is 13.2 Å². The van der Waals surface area contributed by atoms with Gasteiger partial charge in [-0.1, -0.05) is 24.3 Å². The molecule has 0 saturated heterocycles. The van der Waals surface area contributed by atoms with Crippen molar-refractivity contribution in [3.63, 3.8) is 0 Å². The second-order valence-electron chi connectivity index (χ2n) is 11.0. The molecule has 0 aliphatic rings. The fraction of sp³-hybridized carbons (Fsp3) is 0.167. The molecule has 0 amide bonds. The van der Waals surface area contributed by atoms with E-state index in [9.17, 15) is 46.1 Å². The number of rotatable bonds is 10. The van der Waals surface area contributed by atoms with E-state index in [-0.39, 0.29) is 47.3 Å². The number of thiophene rings is 2. The van der Waals surface area contributed by atoms with Crippen molar-refractivity contribution in [2.75, 3.05) is 0 Å². The maximum Gasteiger partial charge on any atom is 0.573 e. The summed E-state index contributed by atoms with van der Waals surface area (Å²) in [4.78, 5) is 25.0. The highest BCUT2D eigenvalue weighted by molar-refractivity contribution is 7.19. The lowest BCUT2D eigenvalue weighted by Gasteiger charge is -2.12. The van der Waals surface area contributed by atoms with E-state index in [0.717, 1.165) is 19.2 Å². The molecular weight excluding hydrogens is 739 g/mol. The minimum absolute atomic E-state index is 0.0145. The summed E-state index contributed by atoms with van der Waals surface area (Å²) in [6.45, 7) is 3.85. The van der Waals surface area contributed by atoms with Gasteiger partial charge in [0.05, 0.1) is 0 Å². The molecule has 0 spiro atoms. The zero-order valence-corrected chi connectivity index (χ0v) is 28.6. The van der Waals surface area contributed by atoms with Crippen molar-refractivity contribution in [1.29, 1.82) is 0 Å². The van der Waals surface area contributed by atoms with Gasteiger partial charge in [-0.3, -0.25) is 0 Å². The molecule has 0 fully saturated rings. The van der Waals surface area contributed by atoms with Crippen LogP contribution in [0.4, 0.5) is 26.3 Å². The summed E-state index contributed by atoms with van der Waals surface area (Å²) in [6, 6.07) is 20.6. The number of carbonyl (C=O) groups is 2. The summed E-state index contributed by atoms with van der Waals surface area (Å²) in [6.07, 6.45) is -9.50. The lowest BCUT2D eigenvalue weighted by Crippen LogP contribution is -2.17. The number of ether oxygens (including phenoxy) is 4. The molecule has 6 rings (SSSR count). The predicted molar refractivity (Wildman–Crippen MR) is 182 cm³/mol. The van der Waals surface area contributed by atoms with Crippen LogP contribution >= 0.6 is 22.7 Å². The predicted octanol–water partition coefficient (Wildman–Crippen LogP) is 10.8. The van der Waals surface area contributed by atoms with Gasteiger partial charge in [0.1, 0.15) is 47.3 Å². The normalized spacial score (nSPS) is 11.5. The van der Waals surface area contributed by atoms with Crippen LogP contribution in [-0.4, -0.2) is 34.9 Å². The lowest BCUT2D eigenvalue weighted by atomic mass is 10.1. The van der Waals surface area contributed by atoms with Gasteiger partial charge in [-0.15, -0.1) is 49.0 Å². The Morgan fingerprint density at radius 3 is 1.23 bits per heavy atom. The number of carboxylic acid groups (broad SMARTS) is 2. The highest BCUT2D eigenvalue weighted by Gasteiger charge is 2.31. The van der Waals surface area contributed by atoms with Crippen LogP contribution in [0.1, 0.15) is 41.6 Å². The topological polar surface area (TPSA) is 112 Å². The van der Waals surface area contributed by atoms with Gasteiger partial charge < -0.3 is 29.2 Å². The fourth-order valence-corrected chi connectivity index (χ4v) is 6.80. The highest BCUT2D eigenvalue weighted by atomic mass is 32.1. The number of carboxylic acids is 2. The van der Waals surface area contributed by atoms with E-state index in [1.54, 1.807) is 12.1 Å². The Morgan fingerprint density at radius 1 is 0.577 bits per heavy atom. The number of halogens is 6. The van der Waals surface area contributed by atoms with E-state index in [0.29, 0.717) is 21.9 Å². The van der Waals surface area contributed by atoms with Gasteiger partial charge in [0.15, 0.2) is 0 Å². The van der Waals surface area contributed by atoms with Crippen LogP contribution in [0.25, 0.3) is 20.2 Å². The van der Waals surface area contributed by atoms with Crippen molar-refractivity contribution in [3.8, 4) is 23.0 Å². The third-order valence-corrected chi connectivity index (χ3v) is 9.12. The molecular formula is C36H26F6O8S2. The first-order valence-corrected chi connectivity index (χ1v) is 16.6. The Labute approximate surface area is 299 Å². The van der Waals surface area contributed by atoms with Crippen LogP contribution in [0.2, 0.25) is 0 Å². The summed E-state index contributed by atoms with van der Waals surface area (Å²) >= 11 is 3.04. The van der Waals surface area contributed by atoms with Gasteiger partial charge in [-0.2, -0.15) is 0 Å². The van der Waals surface area contributed by atoms with Gasteiger partial charge in [0, 0.05) is 29.9 Å². The van der Waals surface area contributed by atoms with Gasteiger partial charge in [-0.25, -0.2) is 9.59 Å². The maximum atomic E-state index is 12.2. The van der Waals surface area contributed by atoms with Crippen molar-refractivity contribution in [1.82, 2.24) is 0 Å². The Bertz CT molecular complexity index is 2050. The first-order valence-electron chi connectivity index (χ1n) is 14.9. The van der Waals surface area contributed by atoms with E-state index in [1.165, 1.54) is 83.3 Å². The molecule has 0 radical (unpaired) electrons. The molecule has 0 unspecified atom stereocenters. The average molecular weight is 765 g/mol. The first kappa shape index (κ1) is 37.8. The Kier molecular flexibility index (Phi) is 11.2. The molecule has 0 aliphatic carbocycles. The van der Waals surface area contributed by atoms with Crippen molar-refractivity contribution >= 4 is 54.8 Å². The zero-order chi connectivity index (χ0) is 37.8. The monoisotopic (exact) mass is 764 g/mol. The third kappa shape index (κ3) is 9.85. The summed E-state index contributed by atoms with van der Waals surface area (Å²) in [5.74, 6) is -2.39. The summed E-state index contributed by atoms with van der Waals surface area (Å²) in [7, 11) is 0. The van der Waals surface area contributed by atoms with E-state index < -0.39 is 24.7 Å². The molecule has 0 bridgehead atoms. The Morgan fingerprint density at radius 2 is 0.923 bits per heavy atom. The van der Waals surface area contributed by atoms with E-state index >= 15 is 0 Å². The van der Waals surface area contributed by atoms with Crippen molar-refractivity contribution in [2.45, 2.75) is 39.8 Å². The van der Waals surface area contributed by atoms with Gasteiger partial charge in [0.25, 0.3) is 0 Å². The minimum Gasteiger partial charge on any atom is -0.487 e. The molecule has 0 aliphatic heterocycles. The standard InChI is InChI=1S/2C18H13F3O4S/c2*1-10-8-14-15(26-10)7-6-13(17(22)23)16(14)24-9-11-2-4-12(5-3-11)25-18(19,20)21/h2*2-8H,9H2,1H3,(H,22,23). The highest BCUT2D eigenvalue weighted by Crippen LogP contribution is 2.37. The van der Waals surface area contributed by atoms with Gasteiger partial charge in [0.2, 0.25) is 0 Å². The number of aromatic carboxylic acids is 2. The van der Waals surface area contributed by atoms with E-state index in [2.05, 4.69) is 9.47 Å². The molecule has 2 N–H and O–H groups in total. The number of alkyl halides is 6. The van der Waals surface area contributed by atoms with Gasteiger partial charge in [-0.05, 0) is 85.6 Å². The molecule has 2 heterocycles. The molecule has 272 valence electrons. The molecule has 0 atom stereocenters. The van der Waals surface area contributed by atoms with E-state index in [1.807, 2.05) is 26.0 Å². The Balaban J connectivity index is 0.000000201. The number of fused-ring (bicyclic) bond motifs is 2. The largest absolute Gasteiger partial charge is 0.573 e. The SMILES string of the molecule is Cc1cc2c(OCc3ccc(OC(F)(F)F)cc3)c(C(=O)O)ccc2s1.Cc1cc2c(OCc3ccc(OC(F)(F)F)cc3)c(C(=O)O)ccc2s1. The maximum absolute atomic E-state index is 12.2.